The molecule has 0 spiro atoms. The van der Waals surface area contributed by atoms with E-state index >= 15 is 0 Å². The third-order valence-corrected chi connectivity index (χ3v) is 1.78. The smallest absolute Gasteiger partial charge is 0.290 e. The van der Waals surface area contributed by atoms with Crippen LogP contribution in [0.3, 0.4) is 0 Å². The maximum Gasteiger partial charge on any atom is 0.290 e. The minimum atomic E-state index is -0.250. The summed E-state index contributed by atoms with van der Waals surface area (Å²) in [5.41, 5.74) is 3.24. The van der Waals surface area contributed by atoms with Gasteiger partial charge in [-0.15, -0.1) is 0 Å². The highest BCUT2D eigenvalue weighted by Crippen LogP contribution is 2.20. The van der Waals surface area contributed by atoms with Crippen LogP contribution in [0.15, 0.2) is 12.1 Å². The first-order valence-electron chi connectivity index (χ1n) is 3.87. The number of phenolic OH excluding ortho intramolecular Hbond substituents is 1. The number of carboxylic acid groups (broad SMARTS) is 1. The van der Waals surface area contributed by atoms with Gasteiger partial charge < -0.3 is 10.2 Å². The van der Waals surface area contributed by atoms with E-state index in [2.05, 4.69) is 6.07 Å². The number of hydrogen-bond acceptors (Lipinski definition) is 2. The highest BCUT2D eigenvalue weighted by molar-refractivity contribution is 5.40. The predicted octanol–water partition coefficient (Wildman–Crippen LogP) is 2.02. The molecule has 0 saturated heterocycles. The summed E-state index contributed by atoms with van der Waals surface area (Å²) < 4.78 is 0. The Balaban J connectivity index is 0.000000424. The van der Waals surface area contributed by atoms with Crippen LogP contribution in [0.2, 0.25) is 0 Å². The fourth-order valence-electron chi connectivity index (χ4n) is 1.02. The summed E-state index contributed by atoms with van der Waals surface area (Å²) in [6, 6.07) is 3.84. The summed E-state index contributed by atoms with van der Waals surface area (Å²) in [5.74, 6) is 0.400. The maximum atomic E-state index is 9.28. The molecule has 1 rings (SSSR count). The van der Waals surface area contributed by atoms with Crippen LogP contribution in [0.5, 0.6) is 5.75 Å². The van der Waals surface area contributed by atoms with Crippen LogP contribution in [-0.4, -0.2) is 16.7 Å². The Hall–Kier alpha value is -1.51. The minimum absolute atomic E-state index is 0.250. The largest absolute Gasteiger partial charge is 0.508 e. The Labute approximate surface area is 77.6 Å². The fourth-order valence-corrected chi connectivity index (χ4v) is 1.02. The molecule has 0 amide bonds. The fraction of sp³-hybridized carbons (Fsp3) is 0.300. The number of aromatic hydroxyl groups is 1. The van der Waals surface area contributed by atoms with E-state index in [-0.39, 0.29) is 6.47 Å². The van der Waals surface area contributed by atoms with Crippen LogP contribution in [0.4, 0.5) is 0 Å². The Morgan fingerprint density at radius 3 is 2.08 bits per heavy atom. The number of hydrogen-bond donors (Lipinski definition) is 2. The maximum absolute atomic E-state index is 9.28. The summed E-state index contributed by atoms with van der Waals surface area (Å²) >= 11 is 0. The SMILES string of the molecule is Cc1cc(C)c(C)c(O)c1.O=CO. The normalized spacial score (nSPS) is 8.54. The standard InChI is InChI=1S/C9H12O.CH2O2/c1-6-4-7(2)8(3)9(10)5-6;2-1-3/h4-5,10H,1-3H3;1H,(H,2,3). The zero-order valence-corrected chi connectivity index (χ0v) is 8.03. The lowest BCUT2D eigenvalue weighted by Crippen LogP contribution is -1.82. The zero-order valence-electron chi connectivity index (χ0n) is 8.03. The Bertz CT molecular complexity index is 269. The van der Waals surface area contributed by atoms with Gasteiger partial charge in [0.05, 0.1) is 0 Å². The lowest BCUT2D eigenvalue weighted by molar-refractivity contribution is -0.122. The van der Waals surface area contributed by atoms with Crippen molar-refractivity contribution >= 4 is 6.47 Å². The molecule has 0 aromatic heterocycles. The van der Waals surface area contributed by atoms with Crippen molar-refractivity contribution in [2.75, 3.05) is 0 Å². The van der Waals surface area contributed by atoms with Crippen LogP contribution in [0, 0.1) is 20.8 Å². The first-order valence-corrected chi connectivity index (χ1v) is 3.87. The molecule has 2 N–H and O–H groups in total. The Kier molecular flexibility index (Phi) is 4.59. The number of benzene rings is 1. The summed E-state index contributed by atoms with van der Waals surface area (Å²) in [6.45, 7) is 5.65. The van der Waals surface area contributed by atoms with E-state index in [1.54, 1.807) is 6.07 Å². The van der Waals surface area contributed by atoms with Crippen LogP contribution in [0.25, 0.3) is 0 Å². The van der Waals surface area contributed by atoms with E-state index in [4.69, 9.17) is 9.90 Å². The second-order valence-electron chi connectivity index (χ2n) is 2.83. The van der Waals surface area contributed by atoms with Crippen LogP contribution in [0.1, 0.15) is 16.7 Å². The van der Waals surface area contributed by atoms with E-state index in [0.717, 1.165) is 16.7 Å². The van der Waals surface area contributed by atoms with Crippen molar-refractivity contribution in [3.05, 3.63) is 28.8 Å². The second kappa shape index (κ2) is 5.19. The van der Waals surface area contributed by atoms with Gasteiger partial charge in [-0.2, -0.15) is 0 Å². The van der Waals surface area contributed by atoms with Gasteiger partial charge in [0.25, 0.3) is 6.47 Å². The first-order chi connectivity index (χ1) is 6.02. The van der Waals surface area contributed by atoms with E-state index in [9.17, 15) is 5.11 Å². The number of phenols is 1. The van der Waals surface area contributed by atoms with Gasteiger partial charge in [-0.25, -0.2) is 0 Å². The van der Waals surface area contributed by atoms with Gasteiger partial charge >= 0.3 is 0 Å². The molecule has 0 bridgehead atoms. The van der Waals surface area contributed by atoms with Crippen LogP contribution in [-0.2, 0) is 4.79 Å². The van der Waals surface area contributed by atoms with Crippen molar-refractivity contribution < 1.29 is 15.0 Å². The molecule has 0 saturated carbocycles. The minimum Gasteiger partial charge on any atom is -0.508 e. The average molecular weight is 182 g/mol. The molecule has 3 nitrogen and oxygen atoms in total. The Morgan fingerprint density at radius 2 is 1.69 bits per heavy atom. The highest BCUT2D eigenvalue weighted by Gasteiger charge is 1.98. The molecule has 0 aliphatic heterocycles. The molecule has 0 unspecified atom stereocenters. The molecular weight excluding hydrogens is 168 g/mol. The van der Waals surface area contributed by atoms with E-state index in [1.807, 2.05) is 20.8 Å². The quantitative estimate of drug-likeness (QED) is 0.603. The third-order valence-electron chi connectivity index (χ3n) is 1.78. The first kappa shape index (κ1) is 11.5. The molecule has 0 heterocycles. The molecule has 0 radical (unpaired) electrons. The second-order valence-corrected chi connectivity index (χ2v) is 2.83. The number of carbonyl (C=O) groups is 1. The summed E-state index contributed by atoms with van der Waals surface area (Å²) in [4.78, 5) is 8.36. The molecule has 13 heavy (non-hydrogen) atoms. The monoisotopic (exact) mass is 182 g/mol. The number of aryl methyl sites for hydroxylation is 2. The van der Waals surface area contributed by atoms with Crippen molar-refractivity contribution in [3.8, 4) is 5.75 Å². The van der Waals surface area contributed by atoms with Crippen molar-refractivity contribution in [1.29, 1.82) is 0 Å². The van der Waals surface area contributed by atoms with Crippen LogP contribution >= 0.6 is 0 Å². The predicted molar refractivity (Wildman–Crippen MR) is 51.0 cm³/mol. The zero-order chi connectivity index (χ0) is 10.4. The van der Waals surface area contributed by atoms with E-state index in [0.29, 0.717) is 5.75 Å². The van der Waals surface area contributed by atoms with Crippen molar-refractivity contribution in [2.45, 2.75) is 20.8 Å². The third kappa shape index (κ3) is 3.60. The van der Waals surface area contributed by atoms with E-state index < -0.39 is 0 Å². The molecule has 72 valence electrons. The molecule has 0 aliphatic carbocycles. The van der Waals surface area contributed by atoms with Gasteiger partial charge in [0.15, 0.2) is 0 Å². The van der Waals surface area contributed by atoms with Gasteiger partial charge in [0, 0.05) is 0 Å². The summed E-state index contributed by atoms with van der Waals surface area (Å²) in [7, 11) is 0. The molecule has 1 aromatic rings. The molecule has 3 heteroatoms. The van der Waals surface area contributed by atoms with Crippen molar-refractivity contribution in [3.63, 3.8) is 0 Å². The summed E-state index contributed by atoms with van der Waals surface area (Å²) in [6.07, 6.45) is 0. The van der Waals surface area contributed by atoms with Gasteiger partial charge in [-0.05, 0) is 43.5 Å². The van der Waals surface area contributed by atoms with Gasteiger partial charge in [-0.1, -0.05) is 6.07 Å². The Morgan fingerprint density at radius 1 is 1.23 bits per heavy atom. The molecule has 0 atom stereocenters. The van der Waals surface area contributed by atoms with Gasteiger partial charge in [0.1, 0.15) is 5.75 Å². The summed E-state index contributed by atoms with van der Waals surface area (Å²) in [5, 5.41) is 16.2. The lowest BCUT2D eigenvalue weighted by Gasteiger charge is -2.03. The molecule has 0 aliphatic rings. The molecule has 0 fully saturated rings. The van der Waals surface area contributed by atoms with Crippen molar-refractivity contribution in [1.82, 2.24) is 0 Å². The van der Waals surface area contributed by atoms with E-state index in [1.165, 1.54) is 0 Å². The molecule has 1 aromatic carbocycles. The van der Waals surface area contributed by atoms with Crippen LogP contribution < -0.4 is 0 Å². The van der Waals surface area contributed by atoms with Crippen molar-refractivity contribution in [2.24, 2.45) is 0 Å². The molecular formula is C10H14O3. The highest BCUT2D eigenvalue weighted by atomic mass is 16.3. The average Bonchev–Trinajstić information content (AvgIpc) is 2.01. The number of rotatable bonds is 0. The topological polar surface area (TPSA) is 57.5 Å². The van der Waals surface area contributed by atoms with Gasteiger partial charge in [-0.3, -0.25) is 4.79 Å². The van der Waals surface area contributed by atoms with Gasteiger partial charge in [0.2, 0.25) is 0 Å². The lowest BCUT2D eigenvalue weighted by atomic mass is 10.1.